The molecule has 0 spiro atoms. The Morgan fingerprint density at radius 1 is 0.895 bits per heavy atom. The Balaban J connectivity index is 1.98. The minimum absolute atomic E-state index is 0.0905. The van der Waals surface area contributed by atoms with Crippen LogP contribution < -0.4 is 0 Å². The first-order chi connectivity index (χ1) is 9.22. The van der Waals surface area contributed by atoms with E-state index in [9.17, 15) is 0 Å². The lowest BCUT2D eigenvalue weighted by atomic mass is 10.1. The Kier molecular flexibility index (Phi) is 3.55. The highest BCUT2D eigenvalue weighted by Crippen LogP contribution is 2.32. The van der Waals surface area contributed by atoms with Crippen molar-refractivity contribution in [2.45, 2.75) is 9.92 Å². The summed E-state index contributed by atoms with van der Waals surface area (Å²) < 4.78 is 0. The number of aromatic nitrogens is 3. The summed E-state index contributed by atoms with van der Waals surface area (Å²) in [4.78, 5) is 5.10. The van der Waals surface area contributed by atoms with Gasteiger partial charge in [-0.05, 0) is 34.5 Å². The van der Waals surface area contributed by atoms with Gasteiger partial charge >= 0.3 is 0 Å². The molecule has 1 heterocycles. The molecule has 0 aliphatic heterocycles. The summed E-state index contributed by atoms with van der Waals surface area (Å²) in [5, 5.41) is 10.6. The highest BCUT2D eigenvalue weighted by atomic mass is 35.5. The van der Waals surface area contributed by atoms with Crippen LogP contribution in [0.5, 0.6) is 0 Å². The number of benzene rings is 2. The average Bonchev–Trinajstić information content (AvgIpc) is 2.43. The second-order valence-corrected chi connectivity index (χ2v) is 5.55. The normalized spacial score (nSPS) is 10.8. The third kappa shape index (κ3) is 2.81. The maximum absolute atomic E-state index is 5.95. The molecule has 0 aliphatic rings. The molecule has 0 unspecified atom stereocenters. The van der Waals surface area contributed by atoms with Crippen molar-refractivity contribution in [1.82, 2.24) is 15.2 Å². The van der Waals surface area contributed by atoms with Gasteiger partial charge in [0.2, 0.25) is 5.28 Å². The fourth-order valence-corrected chi connectivity index (χ4v) is 2.86. The topological polar surface area (TPSA) is 38.7 Å². The van der Waals surface area contributed by atoms with Gasteiger partial charge in [0.1, 0.15) is 5.03 Å². The van der Waals surface area contributed by atoms with Crippen LogP contribution in [0.4, 0.5) is 0 Å². The van der Waals surface area contributed by atoms with Gasteiger partial charge < -0.3 is 0 Å². The van der Waals surface area contributed by atoms with Gasteiger partial charge in [0.25, 0.3) is 0 Å². The van der Waals surface area contributed by atoms with Gasteiger partial charge in [-0.1, -0.05) is 53.7 Å². The second kappa shape index (κ2) is 5.33. The zero-order valence-electron chi connectivity index (χ0n) is 9.55. The first kappa shape index (κ1) is 12.7. The van der Waals surface area contributed by atoms with E-state index < -0.39 is 0 Å². The maximum Gasteiger partial charge on any atom is 0.244 e. The van der Waals surface area contributed by atoms with Crippen molar-refractivity contribution in [2.24, 2.45) is 0 Å². The number of halogens is 2. The molecule has 0 N–H and O–H groups in total. The van der Waals surface area contributed by atoms with Crippen molar-refractivity contribution in [3.8, 4) is 0 Å². The van der Waals surface area contributed by atoms with Gasteiger partial charge in [-0.3, -0.25) is 0 Å². The van der Waals surface area contributed by atoms with E-state index in [1.807, 2.05) is 18.2 Å². The molecule has 0 atom stereocenters. The van der Waals surface area contributed by atoms with Gasteiger partial charge in [-0.2, -0.15) is 0 Å². The van der Waals surface area contributed by atoms with E-state index in [4.69, 9.17) is 23.2 Å². The van der Waals surface area contributed by atoms with Crippen molar-refractivity contribution in [2.75, 3.05) is 0 Å². The van der Waals surface area contributed by atoms with Gasteiger partial charge in [0.05, 0.1) is 0 Å². The Hall–Kier alpha value is -1.36. The minimum atomic E-state index is 0.0905. The molecular formula is C13H7Cl2N3S. The van der Waals surface area contributed by atoms with Crippen molar-refractivity contribution in [1.29, 1.82) is 0 Å². The molecule has 0 bridgehead atoms. The van der Waals surface area contributed by atoms with E-state index in [1.54, 1.807) is 0 Å². The Morgan fingerprint density at radius 2 is 1.68 bits per heavy atom. The summed E-state index contributed by atoms with van der Waals surface area (Å²) in [6, 6.07) is 14.3. The van der Waals surface area contributed by atoms with E-state index in [0.29, 0.717) is 5.03 Å². The van der Waals surface area contributed by atoms with Crippen LogP contribution in [0.2, 0.25) is 10.4 Å². The molecule has 2 aromatic carbocycles. The van der Waals surface area contributed by atoms with Gasteiger partial charge in [-0.15, -0.1) is 10.2 Å². The third-order valence-electron chi connectivity index (χ3n) is 2.53. The van der Waals surface area contributed by atoms with Crippen molar-refractivity contribution < 1.29 is 0 Å². The predicted molar refractivity (Wildman–Crippen MR) is 77.9 cm³/mol. The molecule has 0 saturated carbocycles. The first-order valence-corrected chi connectivity index (χ1v) is 7.02. The van der Waals surface area contributed by atoms with Crippen LogP contribution in [0.1, 0.15) is 0 Å². The van der Waals surface area contributed by atoms with Crippen molar-refractivity contribution in [3.05, 3.63) is 52.9 Å². The summed E-state index contributed by atoms with van der Waals surface area (Å²) >= 11 is 13.1. The van der Waals surface area contributed by atoms with Crippen LogP contribution >= 0.6 is 35.0 Å². The Morgan fingerprint density at radius 3 is 2.53 bits per heavy atom. The maximum atomic E-state index is 5.95. The van der Waals surface area contributed by atoms with Crippen LogP contribution in [0.25, 0.3) is 10.8 Å². The molecule has 0 amide bonds. The fraction of sp³-hybridized carbons (Fsp3) is 0. The highest BCUT2D eigenvalue weighted by Gasteiger charge is 2.08. The van der Waals surface area contributed by atoms with Crippen molar-refractivity contribution in [3.63, 3.8) is 0 Å². The molecule has 3 nitrogen and oxygen atoms in total. The molecular weight excluding hydrogens is 301 g/mol. The molecule has 1 aromatic heterocycles. The number of nitrogens with zero attached hydrogens (tertiary/aromatic N) is 3. The molecule has 94 valence electrons. The van der Waals surface area contributed by atoms with E-state index in [2.05, 4.69) is 39.4 Å². The quantitative estimate of drug-likeness (QED) is 0.699. The minimum Gasteiger partial charge on any atom is -0.206 e. The van der Waals surface area contributed by atoms with E-state index in [1.165, 1.54) is 17.1 Å². The third-order valence-corrected chi connectivity index (χ3v) is 4.02. The molecule has 3 aromatic rings. The molecule has 6 heteroatoms. The predicted octanol–water partition coefficient (Wildman–Crippen LogP) is 4.48. The van der Waals surface area contributed by atoms with E-state index in [-0.39, 0.29) is 10.4 Å². The molecule has 0 saturated heterocycles. The number of rotatable bonds is 2. The number of hydrogen-bond acceptors (Lipinski definition) is 4. The molecule has 0 fully saturated rings. The summed E-state index contributed by atoms with van der Waals surface area (Å²) in [6.45, 7) is 0. The van der Waals surface area contributed by atoms with Gasteiger partial charge in [0, 0.05) is 4.90 Å². The van der Waals surface area contributed by atoms with E-state index in [0.717, 1.165) is 10.3 Å². The lowest BCUT2D eigenvalue weighted by Crippen LogP contribution is -1.91. The summed E-state index contributed by atoms with van der Waals surface area (Å²) in [6.07, 6.45) is 0. The zero-order valence-corrected chi connectivity index (χ0v) is 11.9. The smallest absolute Gasteiger partial charge is 0.206 e. The highest BCUT2D eigenvalue weighted by molar-refractivity contribution is 7.99. The Bertz CT molecular complexity index is 749. The van der Waals surface area contributed by atoms with Crippen LogP contribution in [-0.4, -0.2) is 15.2 Å². The largest absolute Gasteiger partial charge is 0.244 e. The van der Waals surface area contributed by atoms with Crippen LogP contribution in [0.3, 0.4) is 0 Å². The zero-order chi connectivity index (χ0) is 13.2. The van der Waals surface area contributed by atoms with Crippen LogP contribution in [0.15, 0.2) is 52.4 Å². The standard InChI is InChI=1S/C13H7Cl2N3S/c14-11-12(16-13(15)18-17-11)19-10-6-5-8-3-1-2-4-9(8)7-10/h1-7H. The SMILES string of the molecule is Clc1nnc(Cl)c(Sc2ccc3ccccc3c2)n1. The monoisotopic (exact) mass is 307 g/mol. The number of fused-ring (bicyclic) bond motifs is 1. The lowest BCUT2D eigenvalue weighted by molar-refractivity contribution is 0.905. The summed E-state index contributed by atoms with van der Waals surface area (Å²) in [5.41, 5.74) is 0. The molecule has 3 rings (SSSR count). The summed E-state index contributed by atoms with van der Waals surface area (Å²) in [7, 11) is 0. The molecule has 19 heavy (non-hydrogen) atoms. The second-order valence-electron chi connectivity index (χ2n) is 3.79. The van der Waals surface area contributed by atoms with Crippen LogP contribution in [0, 0.1) is 0 Å². The van der Waals surface area contributed by atoms with E-state index >= 15 is 0 Å². The summed E-state index contributed by atoms with van der Waals surface area (Å²) in [5.74, 6) is 0. The van der Waals surface area contributed by atoms with Crippen LogP contribution in [-0.2, 0) is 0 Å². The van der Waals surface area contributed by atoms with Gasteiger partial charge in [0.15, 0.2) is 5.15 Å². The molecule has 0 aliphatic carbocycles. The number of hydrogen-bond donors (Lipinski definition) is 0. The average molecular weight is 308 g/mol. The van der Waals surface area contributed by atoms with Gasteiger partial charge in [-0.25, -0.2) is 4.98 Å². The fourth-order valence-electron chi connectivity index (χ4n) is 1.69. The first-order valence-electron chi connectivity index (χ1n) is 5.45. The lowest BCUT2D eigenvalue weighted by Gasteiger charge is -2.04. The Labute approximate surface area is 124 Å². The van der Waals surface area contributed by atoms with Crippen molar-refractivity contribution >= 4 is 45.7 Å². The molecule has 0 radical (unpaired) electrons.